The SMILES string of the molecule is CC(CC[NH+]=C(N)N)[C@H]([NH3+])C(=O)[O-]. The molecule has 0 amide bonds. The van der Waals surface area contributed by atoms with Crippen LogP contribution in [0.5, 0.6) is 0 Å². The topological polar surface area (TPSA) is 134 Å². The first-order valence-electron chi connectivity index (χ1n) is 4.11. The fourth-order valence-corrected chi connectivity index (χ4v) is 0.878. The van der Waals surface area contributed by atoms with Crippen molar-refractivity contribution in [2.24, 2.45) is 17.4 Å². The summed E-state index contributed by atoms with van der Waals surface area (Å²) >= 11 is 0. The van der Waals surface area contributed by atoms with Gasteiger partial charge < -0.3 is 15.6 Å². The molecule has 13 heavy (non-hydrogen) atoms. The van der Waals surface area contributed by atoms with E-state index >= 15 is 0 Å². The number of carboxylic acids is 1. The van der Waals surface area contributed by atoms with Crippen LogP contribution in [0.15, 0.2) is 0 Å². The second-order valence-electron chi connectivity index (χ2n) is 3.07. The number of nitrogens with two attached hydrogens (primary N) is 2. The molecule has 0 aliphatic rings. The lowest BCUT2D eigenvalue weighted by atomic mass is 9.99. The lowest BCUT2D eigenvalue weighted by molar-refractivity contribution is -0.472. The van der Waals surface area contributed by atoms with Gasteiger partial charge in [-0.05, 0) is 6.42 Å². The van der Waals surface area contributed by atoms with Crippen LogP contribution in [-0.4, -0.2) is 24.5 Å². The minimum absolute atomic E-state index is 0.0585. The van der Waals surface area contributed by atoms with Gasteiger partial charge in [-0.2, -0.15) is 0 Å². The zero-order valence-electron chi connectivity index (χ0n) is 7.75. The van der Waals surface area contributed by atoms with Gasteiger partial charge in [-0.25, -0.2) is 0 Å². The van der Waals surface area contributed by atoms with Crippen molar-refractivity contribution in [3.63, 3.8) is 0 Å². The molecule has 0 aromatic carbocycles. The Balaban J connectivity index is 3.81. The molecule has 0 saturated heterocycles. The Hall–Kier alpha value is -1.30. The summed E-state index contributed by atoms with van der Waals surface area (Å²) in [7, 11) is 0. The lowest BCUT2D eigenvalue weighted by Crippen LogP contribution is -2.79. The van der Waals surface area contributed by atoms with Crippen LogP contribution in [-0.2, 0) is 4.79 Å². The van der Waals surface area contributed by atoms with E-state index in [0.717, 1.165) is 0 Å². The number of hydrogen-bond acceptors (Lipinski definition) is 2. The summed E-state index contributed by atoms with van der Waals surface area (Å²) in [4.78, 5) is 13.1. The second kappa shape index (κ2) is 5.36. The third kappa shape index (κ3) is 5.02. The van der Waals surface area contributed by atoms with Gasteiger partial charge in [0.2, 0.25) is 0 Å². The van der Waals surface area contributed by atoms with Gasteiger partial charge in [-0.3, -0.25) is 16.5 Å². The smallest absolute Gasteiger partial charge is 0.338 e. The summed E-state index contributed by atoms with van der Waals surface area (Å²) in [6.45, 7) is 2.34. The molecular weight excluding hydrogens is 172 g/mol. The molecule has 0 bridgehead atoms. The third-order valence-corrected chi connectivity index (χ3v) is 1.92. The van der Waals surface area contributed by atoms with Gasteiger partial charge in [-0.1, -0.05) is 6.92 Å². The Labute approximate surface area is 76.8 Å². The molecule has 0 spiro atoms. The van der Waals surface area contributed by atoms with Crippen molar-refractivity contribution in [3.8, 4) is 0 Å². The summed E-state index contributed by atoms with van der Waals surface area (Å²) in [5, 5.41) is 10.4. The fourth-order valence-electron chi connectivity index (χ4n) is 0.878. The standard InChI is InChI=1S/C7H16N4O2/c1-4(5(8)6(12)13)2-3-11-7(9)10/h4-5H,2-3,8H2,1H3,(H,12,13)(H4,9,10,11)/p+1/t4?,5-/m0/s1. The average Bonchev–Trinajstić information content (AvgIpc) is 2.02. The number of quaternary nitrogens is 1. The maximum atomic E-state index is 10.4. The van der Waals surface area contributed by atoms with Gasteiger partial charge in [0.1, 0.15) is 6.04 Å². The molecule has 0 aromatic rings. The Bertz CT molecular complexity index is 201. The van der Waals surface area contributed by atoms with Crippen LogP contribution in [0.3, 0.4) is 0 Å². The molecule has 0 aromatic heterocycles. The van der Waals surface area contributed by atoms with Crippen LogP contribution < -0.4 is 27.3 Å². The molecular formula is C7H17N4O2+. The summed E-state index contributed by atoms with van der Waals surface area (Å²) in [6, 6.07) is -0.694. The van der Waals surface area contributed by atoms with Crippen molar-refractivity contribution in [1.82, 2.24) is 0 Å². The summed E-state index contributed by atoms with van der Waals surface area (Å²) in [6.07, 6.45) is 0.639. The number of carboxylic acid groups (broad SMARTS) is 1. The lowest BCUT2D eigenvalue weighted by Gasteiger charge is -2.15. The maximum Gasteiger partial charge on any atom is 0.338 e. The largest absolute Gasteiger partial charge is 0.544 e. The molecule has 0 aliphatic carbocycles. The number of nitrogens with one attached hydrogen (secondary N) is 1. The van der Waals surface area contributed by atoms with Crippen LogP contribution in [0, 0.1) is 5.92 Å². The van der Waals surface area contributed by atoms with Crippen molar-refractivity contribution >= 4 is 11.9 Å². The van der Waals surface area contributed by atoms with Crippen molar-refractivity contribution < 1.29 is 20.6 Å². The van der Waals surface area contributed by atoms with E-state index in [0.29, 0.717) is 13.0 Å². The van der Waals surface area contributed by atoms with Gasteiger partial charge in [0, 0.05) is 5.92 Å². The highest BCUT2D eigenvalue weighted by Gasteiger charge is 2.16. The Morgan fingerprint density at radius 2 is 2.15 bits per heavy atom. The molecule has 0 aliphatic heterocycles. The zero-order valence-corrected chi connectivity index (χ0v) is 7.75. The quantitative estimate of drug-likeness (QED) is 0.254. The summed E-state index contributed by atoms with van der Waals surface area (Å²) < 4.78 is 0. The van der Waals surface area contributed by atoms with E-state index in [2.05, 4.69) is 10.7 Å². The highest BCUT2D eigenvalue weighted by atomic mass is 16.4. The predicted octanol–water partition coefficient (Wildman–Crippen LogP) is -5.27. The monoisotopic (exact) mass is 189 g/mol. The van der Waals surface area contributed by atoms with Crippen molar-refractivity contribution in [2.45, 2.75) is 19.4 Å². The molecule has 8 N–H and O–H groups in total. The van der Waals surface area contributed by atoms with Crippen LogP contribution in [0.1, 0.15) is 13.3 Å². The number of guanidine groups is 1. The number of carbonyl (C=O) groups is 1. The van der Waals surface area contributed by atoms with Gasteiger partial charge in [0.15, 0.2) is 0 Å². The Morgan fingerprint density at radius 3 is 2.54 bits per heavy atom. The second-order valence-corrected chi connectivity index (χ2v) is 3.07. The predicted molar refractivity (Wildman–Crippen MR) is 44.7 cm³/mol. The minimum Gasteiger partial charge on any atom is -0.544 e. The molecule has 0 fully saturated rings. The Kier molecular flexibility index (Phi) is 4.83. The van der Waals surface area contributed by atoms with E-state index in [4.69, 9.17) is 11.5 Å². The van der Waals surface area contributed by atoms with Crippen molar-refractivity contribution in [3.05, 3.63) is 0 Å². The van der Waals surface area contributed by atoms with E-state index in [1.54, 1.807) is 6.92 Å². The van der Waals surface area contributed by atoms with Crippen LogP contribution in [0.2, 0.25) is 0 Å². The van der Waals surface area contributed by atoms with Crippen LogP contribution >= 0.6 is 0 Å². The molecule has 6 nitrogen and oxygen atoms in total. The normalized spacial score (nSPS) is 14.6. The van der Waals surface area contributed by atoms with E-state index in [1.807, 2.05) is 0 Å². The molecule has 0 radical (unpaired) electrons. The van der Waals surface area contributed by atoms with Gasteiger partial charge in [0.25, 0.3) is 0 Å². The van der Waals surface area contributed by atoms with Crippen LogP contribution in [0.4, 0.5) is 0 Å². The maximum absolute atomic E-state index is 10.4. The van der Waals surface area contributed by atoms with E-state index < -0.39 is 12.0 Å². The number of carbonyl (C=O) groups excluding carboxylic acids is 1. The fraction of sp³-hybridized carbons (Fsp3) is 0.714. The first-order chi connectivity index (χ1) is 5.95. The Morgan fingerprint density at radius 1 is 1.62 bits per heavy atom. The van der Waals surface area contributed by atoms with Gasteiger partial charge >= 0.3 is 5.96 Å². The number of aliphatic carboxylic acids is 1. The minimum atomic E-state index is -1.13. The van der Waals surface area contributed by atoms with E-state index in [9.17, 15) is 9.90 Å². The van der Waals surface area contributed by atoms with Gasteiger partial charge in [0.05, 0.1) is 12.5 Å². The number of hydrogen-bond donors (Lipinski definition) is 4. The summed E-state index contributed by atoms with van der Waals surface area (Å²) in [5.41, 5.74) is 13.8. The first kappa shape index (κ1) is 11.7. The molecule has 76 valence electrons. The molecule has 2 atom stereocenters. The van der Waals surface area contributed by atoms with Crippen molar-refractivity contribution in [1.29, 1.82) is 0 Å². The first-order valence-corrected chi connectivity index (χ1v) is 4.11. The third-order valence-electron chi connectivity index (χ3n) is 1.92. The molecule has 6 heteroatoms. The zero-order chi connectivity index (χ0) is 10.4. The summed E-state index contributed by atoms with van der Waals surface area (Å²) in [5.74, 6) is -1.05. The van der Waals surface area contributed by atoms with Crippen LogP contribution in [0.25, 0.3) is 0 Å². The average molecular weight is 189 g/mol. The van der Waals surface area contributed by atoms with Gasteiger partial charge in [-0.15, -0.1) is 0 Å². The van der Waals surface area contributed by atoms with Crippen molar-refractivity contribution in [2.75, 3.05) is 6.54 Å². The van der Waals surface area contributed by atoms with E-state index in [-0.39, 0.29) is 11.9 Å². The molecule has 1 unspecified atom stereocenters. The highest BCUT2D eigenvalue weighted by Crippen LogP contribution is 2.01. The highest BCUT2D eigenvalue weighted by molar-refractivity contribution is 5.69. The molecule has 0 saturated carbocycles. The number of rotatable bonds is 5. The molecule has 0 heterocycles. The van der Waals surface area contributed by atoms with E-state index in [1.165, 1.54) is 0 Å². The molecule has 0 rings (SSSR count).